The zero-order chi connectivity index (χ0) is 32.3. The maximum atomic E-state index is 6.66. The Morgan fingerprint density at radius 3 is 1.76 bits per heavy atom. The standard InChI is InChI=1S/C46H29NO2/c1-2-12-30(13-3-1)33-26-34(37-18-10-19-40-38-16-6-8-22-43(38)48-45(37)40)29-36(28-33)47(35-25-24-31-14-4-5-15-32(31)27-35)42-21-11-20-41-39-17-7-9-23-44(39)49-46(41)42/h1-29H. The minimum absolute atomic E-state index is 0.850. The second-order valence-corrected chi connectivity index (χ2v) is 12.5. The first kappa shape index (κ1) is 27.5. The average molecular weight is 628 g/mol. The van der Waals surface area contributed by atoms with Crippen LogP contribution in [0.15, 0.2) is 185 Å². The summed E-state index contributed by atoms with van der Waals surface area (Å²) in [5, 5.41) is 6.79. The molecular weight excluding hydrogens is 599 g/mol. The second-order valence-electron chi connectivity index (χ2n) is 12.5. The smallest absolute Gasteiger partial charge is 0.159 e. The molecule has 0 bridgehead atoms. The van der Waals surface area contributed by atoms with Gasteiger partial charge in [-0.05, 0) is 76.0 Å². The van der Waals surface area contributed by atoms with Gasteiger partial charge in [0.1, 0.15) is 16.7 Å². The van der Waals surface area contributed by atoms with Gasteiger partial charge in [-0.25, -0.2) is 0 Å². The molecule has 3 nitrogen and oxygen atoms in total. The van der Waals surface area contributed by atoms with Crippen LogP contribution in [0.1, 0.15) is 0 Å². The third kappa shape index (κ3) is 4.51. The van der Waals surface area contributed by atoms with Crippen molar-refractivity contribution in [2.24, 2.45) is 0 Å². The lowest BCUT2D eigenvalue weighted by Crippen LogP contribution is -2.10. The number of furan rings is 2. The van der Waals surface area contributed by atoms with Crippen molar-refractivity contribution in [2.45, 2.75) is 0 Å². The quantitative estimate of drug-likeness (QED) is 0.190. The number of para-hydroxylation sites is 4. The van der Waals surface area contributed by atoms with Crippen molar-refractivity contribution >= 4 is 71.7 Å². The monoisotopic (exact) mass is 627 g/mol. The van der Waals surface area contributed by atoms with E-state index in [9.17, 15) is 0 Å². The molecule has 2 aromatic heterocycles. The van der Waals surface area contributed by atoms with Crippen molar-refractivity contribution in [1.29, 1.82) is 0 Å². The number of anilines is 3. The van der Waals surface area contributed by atoms with E-state index >= 15 is 0 Å². The first-order chi connectivity index (χ1) is 24.3. The van der Waals surface area contributed by atoms with Gasteiger partial charge < -0.3 is 13.7 Å². The van der Waals surface area contributed by atoms with E-state index in [1.807, 2.05) is 24.3 Å². The Labute approximate surface area is 282 Å². The molecule has 49 heavy (non-hydrogen) atoms. The van der Waals surface area contributed by atoms with Gasteiger partial charge in [0.05, 0.1) is 5.69 Å². The normalized spacial score (nSPS) is 11.7. The molecule has 0 aliphatic carbocycles. The van der Waals surface area contributed by atoms with Crippen LogP contribution in [0.5, 0.6) is 0 Å². The number of fused-ring (bicyclic) bond motifs is 7. The van der Waals surface area contributed by atoms with Gasteiger partial charge >= 0.3 is 0 Å². The van der Waals surface area contributed by atoms with Gasteiger partial charge in [-0.1, -0.05) is 127 Å². The van der Waals surface area contributed by atoms with Crippen LogP contribution >= 0.6 is 0 Å². The highest BCUT2D eigenvalue weighted by Crippen LogP contribution is 2.46. The summed E-state index contributed by atoms with van der Waals surface area (Å²) >= 11 is 0. The molecule has 10 aromatic rings. The van der Waals surface area contributed by atoms with Crippen molar-refractivity contribution in [2.75, 3.05) is 4.90 Å². The number of benzene rings is 8. The summed E-state index contributed by atoms with van der Waals surface area (Å²) in [5.74, 6) is 0. The summed E-state index contributed by atoms with van der Waals surface area (Å²) in [5.41, 5.74) is 10.9. The molecule has 8 aromatic carbocycles. The molecule has 0 amide bonds. The highest BCUT2D eigenvalue weighted by Gasteiger charge is 2.22. The van der Waals surface area contributed by atoms with Gasteiger partial charge in [-0.3, -0.25) is 0 Å². The second kappa shape index (κ2) is 11.0. The third-order valence-electron chi connectivity index (χ3n) is 9.61. The number of rotatable bonds is 5. The molecule has 0 spiro atoms. The summed E-state index contributed by atoms with van der Waals surface area (Å²) in [6, 6.07) is 62.1. The van der Waals surface area contributed by atoms with Crippen LogP contribution in [0.3, 0.4) is 0 Å². The molecule has 0 aliphatic heterocycles. The molecule has 230 valence electrons. The topological polar surface area (TPSA) is 29.5 Å². The van der Waals surface area contributed by atoms with Gasteiger partial charge in [0.2, 0.25) is 0 Å². The molecule has 0 N–H and O–H groups in total. The maximum Gasteiger partial charge on any atom is 0.159 e. The fraction of sp³-hybridized carbons (Fsp3) is 0. The lowest BCUT2D eigenvalue weighted by atomic mass is 9.96. The lowest BCUT2D eigenvalue weighted by Gasteiger charge is -2.27. The Morgan fingerprint density at radius 1 is 0.347 bits per heavy atom. The van der Waals surface area contributed by atoms with Gasteiger partial charge in [-0.15, -0.1) is 0 Å². The molecule has 3 heteroatoms. The third-order valence-corrected chi connectivity index (χ3v) is 9.61. The number of nitrogens with zero attached hydrogens (tertiary/aromatic N) is 1. The molecule has 0 saturated heterocycles. The minimum Gasteiger partial charge on any atom is -0.455 e. The van der Waals surface area contributed by atoms with E-state index < -0.39 is 0 Å². The molecular formula is C46H29NO2. The van der Waals surface area contributed by atoms with Crippen LogP contribution in [0.25, 0.3) is 76.9 Å². The van der Waals surface area contributed by atoms with Crippen LogP contribution in [-0.4, -0.2) is 0 Å². The van der Waals surface area contributed by atoms with E-state index in [2.05, 4.69) is 157 Å². The molecule has 0 radical (unpaired) electrons. The van der Waals surface area contributed by atoms with Crippen molar-refractivity contribution in [1.82, 2.24) is 0 Å². The molecule has 0 atom stereocenters. The summed E-state index contributed by atoms with van der Waals surface area (Å²) in [4.78, 5) is 2.34. The molecule has 2 heterocycles. The molecule has 10 rings (SSSR count). The number of hydrogen-bond donors (Lipinski definition) is 0. The van der Waals surface area contributed by atoms with Crippen LogP contribution in [0.4, 0.5) is 17.1 Å². The van der Waals surface area contributed by atoms with E-state index in [1.165, 1.54) is 10.8 Å². The van der Waals surface area contributed by atoms with Crippen molar-refractivity contribution in [3.63, 3.8) is 0 Å². The first-order valence-corrected chi connectivity index (χ1v) is 16.6. The Hall–Kier alpha value is -6.58. The van der Waals surface area contributed by atoms with Gasteiger partial charge in [-0.2, -0.15) is 0 Å². The zero-order valence-corrected chi connectivity index (χ0v) is 26.5. The Balaban J connectivity index is 1.28. The van der Waals surface area contributed by atoms with Gasteiger partial charge in [0.15, 0.2) is 5.58 Å². The van der Waals surface area contributed by atoms with Crippen LogP contribution in [0, 0.1) is 0 Å². The predicted octanol–water partition coefficient (Wildman–Crippen LogP) is 13.4. The Bertz CT molecular complexity index is 2840. The average Bonchev–Trinajstić information content (AvgIpc) is 3.74. The van der Waals surface area contributed by atoms with Crippen molar-refractivity contribution in [3.05, 3.63) is 176 Å². The van der Waals surface area contributed by atoms with E-state index in [0.29, 0.717) is 0 Å². The SMILES string of the molecule is c1ccc(-c2cc(-c3cccc4c3oc3ccccc34)cc(N(c3ccc4ccccc4c3)c3cccc4c3oc3ccccc34)c2)cc1. The maximum absolute atomic E-state index is 6.66. The first-order valence-electron chi connectivity index (χ1n) is 16.6. The fourth-order valence-electron chi connectivity index (χ4n) is 7.32. The summed E-state index contributed by atoms with van der Waals surface area (Å²) in [7, 11) is 0. The molecule has 0 fully saturated rings. The van der Waals surface area contributed by atoms with Crippen molar-refractivity contribution < 1.29 is 8.83 Å². The molecule has 0 aliphatic rings. The highest BCUT2D eigenvalue weighted by molar-refractivity contribution is 6.12. The van der Waals surface area contributed by atoms with Crippen LogP contribution in [0.2, 0.25) is 0 Å². The van der Waals surface area contributed by atoms with Crippen LogP contribution in [-0.2, 0) is 0 Å². The highest BCUT2D eigenvalue weighted by atomic mass is 16.3. The largest absolute Gasteiger partial charge is 0.455 e. The van der Waals surface area contributed by atoms with E-state index in [-0.39, 0.29) is 0 Å². The Morgan fingerprint density at radius 2 is 0.959 bits per heavy atom. The van der Waals surface area contributed by atoms with Gasteiger partial charge in [0.25, 0.3) is 0 Å². The van der Waals surface area contributed by atoms with Gasteiger partial charge in [0, 0.05) is 38.5 Å². The summed E-state index contributed by atoms with van der Waals surface area (Å²) < 4.78 is 13.2. The van der Waals surface area contributed by atoms with E-state index in [1.54, 1.807) is 0 Å². The number of hydrogen-bond acceptors (Lipinski definition) is 3. The summed E-state index contributed by atoms with van der Waals surface area (Å²) in [6.07, 6.45) is 0. The van der Waals surface area contributed by atoms with Crippen molar-refractivity contribution in [3.8, 4) is 22.3 Å². The Kier molecular flexibility index (Phi) is 6.18. The van der Waals surface area contributed by atoms with Crippen LogP contribution < -0.4 is 4.90 Å². The minimum atomic E-state index is 0.850. The predicted molar refractivity (Wildman–Crippen MR) is 204 cm³/mol. The lowest BCUT2D eigenvalue weighted by molar-refractivity contribution is 0.669. The molecule has 0 saturated carbocycles. The van der Waals surface area contributed by atoms with E-state index in [4.69, 9.17) is 8.83 Å². The van der Waals surface area contributed by atoms with E-state index in [0.717, 1.165) is 83.2 Å². The zero-order valence-electron chi connectivity index (χ0n) is 26.5. The summed E-state index contributed by atoms with van der Waals surface area (Å²) in [6.45, 7) is 0. The fourth-order valence-corrected chi connectivity index (χ4v) is 7.32. The molecule has 0 unspecified atom stereocenters.